The average molecular weight is 295 g/mol. The Labute approximate surface area is 128 Å². The fraction of sp³-hybridized carbons (Fsp3) is 0.647. The Balaban J connectivity index is 2.00. The van der Waals surface area contributed by atoms with E-state index in [-0.39, 0.29) is 0 Å². The normalized spacial score (nSPS) is 25.6. The Hall–Kier alpha value is -0.570. The highest BCUT2D eigenvalue weighted by molar-refractivity contribution is 6.30. The van der Waals surface area contributed by atoms with Crippen LogP contribution >= 0.6 is 11.6 Å². The van der Waals surface area contributed by atoms with E-state index in [0.717, 1.165) is 5.02 Å². The third kappa shape index (κ3) is 4.21. The molecule has 3 unspecified atom stereocenters. The van der Waals surface area contributed by atoms with Crippen molar-refractivity contribution in [1.82, 2.24) is 10.2 Å². The van der Waals surface area contributed by atoms with Crippen molar-refractivity contribution >= 4 is 11.6 Å². The molecule has 1 aliphatic heterocycles. The fourth-order valence-corrected chi connectivity index (χ4v) is 3.18. The van der Waals surface area contributed by atoms with E-state index in [4.69, 9.17) is 11.6 Å². The topological polar surface area (TPSA) is 15.3 Å². The molecule has 0 bridgehead atoms. The van der Waals surface area contributed by atoms with Gasteiger partial charge in [-0.1, -0.05) is 37.1 Å². The average Bonchev–Trinajstić information content (AvgIpc) is 2.43. The second kappa shape index (κ2) is 7.44. The van der Waals surface area contributed by atoms with Crippen molar-refractivity contribution in [3.63, 3.8) is 0 Å². The van der Waals surface area contributed by atoms with E-state index in [2.05, 4.69) is 43.2 Å². The SMILES string of the molecule is CCCC(NC1CCN(C)C(C)C1)c1ccc(Cl)cc1. The number of rotatable bonds is 5. The van der Waals surface area contributed by atoms with Gasteiger partial charge in [0.05, 0.1) is 0 Å². The number of piperidine rings is 1. The summed E-state index contributed by atoms with van der Waals surface area (Å²) in [4.78, 5) is 2.45. The summed E-state index contributed by atoms with van der Waals surface area (Å²) in [5.41, 5.74) is 1.36. The van der Waals surface area contributed by atoms with Crippen LogP contribution in [0.3, 0.4) is 0 Å². The van der Waals surface area contributed by atoms with Gasteiger partial charge in [-0.05, 0) is 57.5 Å². The molecule has 0 aliphatic carbocycles. The minimum atomic E-state index is 0.456. The molecule has 2 rings (SSSR count). The summed E-state index contributed by atoms with van der Waals surface area (Å²) < 4.78 is 0. The van der Waals surface area contributed by atoms with Crippen LogP contribution in [0.5, 0.6) is 0 Å². The van der Waals surface area contributed by atoms with Crippen LogP contribution in [-0.4, -0.2) is 30.6 Å². The number of hydrogen-bond donors (Lipinski definition) is 1. The zero-order chi connectivity index (χ0) is 14.5. The Kier molecular flexibility index (Phi) is 5.88. The maximum absolute atomic E-state index is 5.99. The molecule has 2 nitrogen and oxygen atoms in total. The zero-order valence-electron chi connectivity index (χ0n) is 12.9. The Bertz CT molecular complexity index is 404. The smallest absolute Gasteiger partial charge is 0.0406 e. The molecule has 1 N–H and O–H groups in total. The van der Waals surface area contributed by atoms with Gasteiger partial charge < -0.3 is 10.2 Å². The number of hydrogen-bond acceptors (Lipinski definition) is 2. The van der Waals surface area contributed by atoms with Gasteiger partial charge >= 0.3 is 0 Å². The molecule has 1 aromatic carbocycles. The molecule has 0 aromatic heterocycles. The standard InChI is InChI=1S/C17H27ClN2/c1-4-5-17(14-6-8-15(18)9-7-14)19-16-10-11-20(3)13(2)12-16/h6-9,13,16-17,19H,4-5,10-12H2,1-3H3. The van der Waals surface area contributed by atoms with Gasteiger partial charge in [0.2, 0.25) is 0 Å². The largest absolute Gasteiger partial charge is 0.307 e. The van der Waals surface area contributed by atoms with E-state index in [1.807, 2.05) is 12.1 Å². The fourth-order valence-electron chi connectivity index (χ4n) is 3.06. The van der Waals surface area contributed by atoms with Gasteiger partial charge in [0.15, 0.2) is 0 Å². The van der Waals surface area contributed by atoms with Gasteiger partial charge in [0.25, 0.3) is 0 Å². The van der Waals surface area contributed by atoms with Gasteiger partial charge in [-0.25, -0.2) is 0 Å². The molecule has 20 heavy (non-hydrogen) atoms. The maximum atomic E-state index is 5.99. The van der Waals surface area contributed by atoms with Crippen LogP contribution in [0.4, 0.5) is 0 Å². The summed E-state index contributed by atoms with van der Waals surface area (Å²) in [5, 5.41) is 4.69. The predicted molar refractivity (Wildman–Crippen MR) is 87.4 cm³/mol. The second-order valence-electron chi connectivity index (χ2n) is 6.11. The highest BCUT2D eigenvalue weighted by Crippen LogP contribution is 2.24. The number of nitrogens with zero attached hydrogens (tertiary/aromatic N) is 1. The van der Waals surface area contributed by atoms with E-state index in [9.17, 15) is 0 Å². The number of likely N-dealkylation sites (tertiary alicyclic amines) is 1. The van der Waals surface area contributed by atoms with Crippen LogP contribution in [0, 0.1) is 0 Å². The molecule has 1 heterocycles. The molecular formula is C17H27ClN2. The van der Waals surface area contributed by atoms with Crippen LogP contribution in [0.1, 0.15) is 51.1 Å². The highest BCUT2D eigenvalue weighted by Gasteiger charge is 2.24. The molecule has 1 aromatic rings. The first kappa shape index (κ1) is 15.8. The molecule has 1 aliphatic rings. The van der Waals surface area contributed by atoms with Crippen molar-refractivity contribution in [2.24, 2.45) is 0 Å². The summed E-state index contributed by atoms with van der Waals surface area (Å²) >= 11 is 5.99. The Morgan fingerprint density at radius 2 is 2.05 bits per heavy atom. The number of benzene rings is 1. The molecule has 0 saturated carbocycles. The summed E-state index contributed by atoms with van der Waals surface area (Å²) in [6.07, 6.45) is 4.86. The van der Waals surface area contributed by atoms with Gasteiger partial charge in [-0.15, -0.1) is 0 Å². The first-order chi connectivity index (χ1) is 9.60. The van der Waals surface area contributed by atoms with Crippen molar-refractivity contribution in [2.45, 2.75) is 57.7 Å². The molecule has 3 heteroatoms. The quantitative estimate of drug-likeness (QED) is 0.873. The third-order valence-corrected chi connectivity index (χ3v) is 4.75. The minimum Gasteiger partial charge on any atom is -0.307 e. The van der Waals surface area contributed by atoms with E-state index in [1.54, 1.807) is 0 Å². The lowest BCUT2D eigenvalue weighted by molar-refractivity contribution is 0.161. The summed E-state index contributed by atoms with van der Waals surface area (Å²) in [6.45, 7) is 5.77. The number of nitrogens with one attached hydrogen (secondary N) is 1. The molecule has 112 valence electrons. The highest BCUT2D eigenvalue weighted by atomic mass is 35.5. The lowest BCUT2D eigenvalue weighted by Gasteiger charge is -2.37. The lowest BCUT2D eigenvalue weighted by Crippen LogP contribution is -2.46. The van der Waals surface area contributed by atoms with Crippen LogP contribution in [-0.2, 0) is 0 Å². The maximum Gasteiger partial charge on any atom is 0.0406 e. The van der Waals surface area contributed by atoms with Crippen molar-refractivity contribution in [2.75, 3.05) is 13.6 Å². The third-order valence-electron chi connectivity index (χ3n) is 4.49. The van der Waals surface area contributed by atoms with E-state index in [1.165, 1.54) is 37.8 Å². The molecule has 3 atom stereocenters. The van der Waals surface area contributed by atoms with Crippen molar-refractivity contribution in [1.29, 1.82) is 0 Å². The molecule has 0 spiro atoms. The minimum absolute atomic E-state index is 0.456. The van der Waals surface area contributed by atoms with Crippen molar-refractivity contribution < 1.29 is 0 Å². The van der Waals surface area contributed by atoms with Gasteiger partial charge in [0.1, 0.15) is 0 Å². The van der Waals surface area contributed by atoms with Crippen LogP contribution < -0.4 is 5.32 Å². The molecule has 1 saturated heterocycles. The van der Waals surface area contributed by atoms with Gasteiger partial charge in [0, 0.05) is 23.1 Å². The van der Waals surface area contributed by atoms with Crippen molar-refractivity contribution in [3.8, 4) is 0 Å². The predicted octanol–water partition coefficient (Wildman–Crippen LogP) is 4.25. The van der Waals surface area contributed by atoms with E-state index >= 15 is 0 Å². The molecule has 0 amide bonds. The van der Waals surface area contributed by atoms with Gasteiger partial charge in [-0.3, -0.25) is 0 Å². The van der Waals surface area contributed by atoms with Gasteiger partial charge in [-0.2, -0.15) is 0 Å². The first-order valence-corrected chi connectivity index (χ1v) is 8.19. The van der Waals surface area contributed by atoms with E-state index in [0.29, 0.717) is 18.1 Å². The van der Waals surface area contributed by atoms with Crippen LogP contribution in [0.25, 0.3) is 0 Å². The molecule has 0 radical (unpaired) electrons. The van der Waals surface area contributed by atoms with Crippen LogP contribution in [0.2, 0.25) is 5.02 Å². The summed E-state index contributed by atoms with van der Waals surface area (Å²) in [7, 11) is 2.23. The Morgan fingerprint density at radius 3 is 2.65 bits per heavy atom. The van der Waals surface area contributed by atoms with Crippen molar-refractivity contribution in [3.05, 3.63) is 34.9 Å². The van der Waals surface area contributed by atoms with E-state index < -0.39 is 0 Å². The Morgan fingerprint density at radius 1 is 1.35 bits per heavy atom. The summed E-state index contributed by atoms with van der Waals surface area (Å²) in [6, 6.07) is 10.1. The molecule has 1 fully saturated rings. The molecular weight excluding hydrogens is 268 g/mol. The monoisotopic (exact) mass is 294 g/mol. The first-order valence-electron chi connectivity index (χ1n) is 7.82. The zero-order valence-corrected chi connectivity index (χ0v) is 13.7. The number of halogens is 1. The van der Waals surface area contributed by atoms with Crippen LogP contribution in [0.15, 0.2) is 24.3 Å². The summed E-state index contributed by atoms with van der Waals surface area (Å²) in [5.74, 6) is 0. The second-order valence-corrected chi connectivity index (χ2v) is 6.55. The lowest BCUT2D eigenvalue weighted by atomic mass is 9.95.